The molecule has 1 aromatic rings. The number of benzene rings is 1. The van der Waals surface area contributed by atoms with Crippen molar-refractivity contribution in [1.82, 2.24) is 9.80 Å². The first-order chi connectivity index (χ1) is 9.88. The number of rotatable bonds is 3. The second kappa shape index (κ2) is 6.45. The van der Waals surface area contributed by atoms with E-state index in [0.29, 0.717) is 18.1 Å². The van der Waals surface area contributed by atoms with Gasteiger partial charge in [-0.3, -0.25) is 9.59 Å². The lowest BCUT2D eigenvalue weighted by Gasteiger charge is -2.39. The van der Waals surface area contributed by atoms with E-state index in [1.165, 1.54) is 0 Å². The zero-order valence-corrected chi connectivity index (χ0v) is 13.3. The SMILES string of the molecule is CC1CN(c2cccc(Cl)c2)C(=O)CN1C(=O)CN(C)C. The Hall–Kier alpha value is -1.59. The Kier molecular flexibility index (Phi) is 4.85. The topological polar surface area (TPSA) is 43.9 Å². The summed E-state index contributed by atoms with van der Waals surface area (Å²) in [5.41, 5.74) is 0.777. The lowest BCUT2D eigenvalue weighted by molar-refractivity contribution is -0.139. The van der Waals surface area contributed by atoms with E-state index in [1.807, 2.05) is 38.1 Å². The zero-order chi connectivity index (χ0) is 15.6. The van der Waals surface area contributed by atoms with E-state index in [0.717, 1.165) is 5.69 Å². The van der Waals surface area contributed by atoms with Gasteiger partial charge in [-0.2, -0.15) is 0 Å². The molecule has 2 rings (SSSR count). The summed E-state index contributed by atoms with van der Waals surface area (Å²) in [6.07, 6.45) is 0. The minimum atomic E-state index is -0.0810. The first-order valence-electron chi connectivity index (χ1n) is 6.88. The molecule has 0 aliphatic carbocycles. The molecule has 1 saturated heterocycles. The minimum absolute atomic E-state index is 0.0193. The van der Waals surface area contributed by atoms with Crippen molar-refractivity contribution in [3.05, 3.63) is 29.3 Å². The third kappa shape index (κ3) is 3.74. The van der Waals surface area contributed by atoms with Crippen LogP contribution in [0.3, 0.4) is 0 Å². The highest BCUT2D eigenvalue weighted by Crippen LogP contribution is 2.23. The van der Waals surface area contributed by atoms with Crippen molar-refractivity contribution in [2.24, 2.45) is 0 Å². The highest BCUT2D eigenvalue weighted by molar-refractivity contribution is 6.30. The quantitative estimate of drug-likeness (QED) is 0.849. The van der Waals surface area contributed by atoms with Crippen LogP contribution in [0.25, 0.3) is 0 Å². The average Bonchev–Trinajstić information content (AvgIpc) is 2.40. The summed E-state index contributed by atoms with van der Waals surface area (Å²) in [5, 5.41) is 0.596. The van der Waals surface area contributed by atoms with Gasteiger partial charge in [0.05, 0.1) is 6.54 Å². The Balaban J connectivity index is 2.12. The Morgan fingerprint density at radius 3 is 2.76 bits per heavy atom. The maximum atomic E-state index is 12.3. The summed E-state index contributed by atoms with van der Waals surface area (Å²) in [6, 6.07) is 7.20. The van der Waals surface area contributed by atoms with Crippen molar-refractivity contribution in [3.63, 3.8) is 0 Å². The summed E-state index contributed by atoms with van der Waals surface area (Å²) >= 11 is 5.98. The molecule has 1 aliphatic rings. The van der Waals surface area contributed by atoms with E-state index in [9.17, 15) is 9.59 Å². The third-order valence-electron chi connectivity index (χ3n) is 3.48. The van der Waals surface area contributed by atoms with Crippen LogP contribution in [-0.4, -0.2) is 61.4 Å². The van der Waals surface area contributed by atoms with Crippen molar-refractivity contribution in [1.29, 1.82) is 0 Å². The molecule has 0 radical (unpaired) electrons. The fraction of sp³-hybridized carbons (Fsp3) is 0.467. The Morgan fingerprint density at radius 1 is 1.43 bits per heavy atom. The molecule has 2 amide bonds. The first kappa shape index (κ1) is 15.8. The molecule has 0 spiro atoms. The van der Waals surface area contributed by atoms with Gasteiger partial charge >= 0.3 is 0 Å². The fourth-order valence-corrected chi connectivity index (χ4v) is 2.62. The van der Waals surface area contributed by atoms with Crippen molar-refractivity contribution in [3.8, 4) is 0 Å². The first-order valence-corrected chi connectivity index (χ1v) is 7.26. The van der Waals surface area contributed by atoms with Crippen molar-refractivity contribution in [2.75, 3.05) is 38.6 Å². The number of hydrogen-bond acceptors (Lipinski definition) is 3. The van der Waals surface area contributed by atoms with E-state index >= 15 is 0 Å². The number of amides is 2. The van der Waals surface area contributed by atoms with E-state index in [4.69, 9.17) is 11.6 Å². The zero-order valence-electron chi connectivity index (χ0n) is 12.5. The van der Waals surface area contributed by atoms with Crippen LogP contribution in [0.2, 0.25) is 5.02 Å². The maximum absolute atomic E-state index is 12.3. The van der Waals surface area contributed by atoms with Gasteiger partial charge < -0.3 is 14.7 Å². The monoisotopic (exact) mass is 309 g/mol. The summed E-state index contributed by atoms with van der Waals surface area (Å²) in [7, 11) is 3.68. The van der Waals surface area contributed by atoms with Crippen LogP contribution >= 0.6 is 11.6 Å². The van der Waals surface area contributed by atoms with E-state index in [1.54, 1.807) is 21.9 Å². The number of hydrogen-bond donors (Lipinski definition) is 0. The molecule has 0 saturated carbocycles. The van der Waals surface area contributed by atoms with Crippen LogP contribution in [0.5, 0.6) is 0 Å². The molecule has 0 N–H and O–H groups in total. The molecule has 1 fully saturated rings. The van der Waals surface area contributed by atoms with E-state index < -0.39 is 0 Å². The van der Waals surface area contributed by atoms with Gasteiger partial charge in [0.1, 0.15) is 6.54 Å². The molecule has 0 bridgehead atoms. The van der Waals surface area contributed by atoms with Gasteiger partial charge in [0.25, 0.3) is 0 Å². The van der Waals surface area contributed by atoms with Crippen molar-refractivity contribution >= 4 is 29.1 Å². The number of halogens is 1. The largest absolute Gasteiger partial charge is 0.328 e. The number of carbonyl (C=O) groups excluding carboxylic acids is 2. The van der Waals surface area contributed by atoms with Gasteiger partial charge in [-0.25, -0.2) is 0 Å². The molecule has 21 heavy (non-hydrogen) atoms. The Morgan fingerprint density at radius 2 is 2.14 bits per heavy atom. The summed E-state index contributed by atoms with van der Waals surface area (Å²) in [5.74, 6) is -0.103. The highest BCUT2D eigenvalue weighted by atomic mass is 35.5. The molecule has 1 heterocycles. The van der Waals surface area contributed by atoms with Gasteiger partial charge in [-0.05, 0) is 39.2 Å². The lowest BCUT2D eigenvalue weighted by Crippen LogP contribution is -2.58. The normalized spacial score (nSPS) is 19.3. The summed E-state index contributed by atoms with van der Waals surface area (Å²) < 4.78 is 0. The minimum Gasteiger partial charge on any atom is -0.328 e. The van der Waals surface area contributed by atoms with Crippen LogP contribution in [0, 0.1) is 0 Å². The van der Waals surface area contributed by atoms with Gasteiger partial charge in [0.15, 0.2) is 0 Å². The predicted octanol–water partition coefficient (Wildman–Crippen LogP) is 1.47. The number of likely N-dealkylation sites (N-methyl/N-ethyl adjacent to an activating group) is 1. The molecule has 114 valence electrons. The van der Waals surface area contributed by atoms with Gasteiger partial charge in [0.2, 0.25) is 11.8 Å². The number of piperazine rings is 1. The molecule has 1 aliphatic heterocycles. The second-order valence-electron chi connectivity index (χ2n) is 5.59. The highest BCUT2D eigenvalue weighted by Gasteiger charge is 2.33. The molecule has 6 heteroatoms. The van der Waals surface area contributed by atoms with Crippen LogP contribution < -0.4 is 4.90 Å². The average molecular weight is 310 g/mol. The van der Waals surface area contributed by atoms with Crippen LogP contribution in [-0.2, 0) is 9.59 Å². The van der Waals surface area contributed by atoms with Crippen molar-refractivity contribution in [2.45, 2.75) is 13.0 Å². The second-order valence-corrected chi connectivity index (χ2v) is 6.03. The molecule has 1 unspecified atom stereocenters. The maximum Gasteiger partial charge on any atom is 0.246 e. The molecule has 1 atom stereocenters. The van der Waals surface area contributed by atoms with Crippen molar-refractivity contribution < 1.29 is 9.59 Å². The van der Waals surface area contributed by atoms with E-state index in [2.05, 4.69) is 0 Å². The van der Waals surface area contributed by atoms with Gasteiger partial charge in [-0.15, -0.1) is 0 Å². The molecular weight excluding hydrogens is 290 g/mol. The smallest absolute Gasteiger partial charge is 0.246 e. The number of anilines is 1. The predicted molar refractivity (Wildman–Crippen MR) is 83.5 cm³/mol. The summed E-state index contributed by atoms with van der Waals surface area (Å²) in [6.45, 7) is 2.87. The van der Waals surface area contributed by atoms with Crippen LogP contribution in [0.1, 0.15) is 6.92 Å². The molecular formula is C15H20ClN3O2. The van der Waals surface area contributed by atoms with Crippen LogP contribution in [0.4, 0.5) is 5.69 Å². The number of carbonyl (C=O) groups is 2. The fourth-order valence-electron chi connectivity index (χ4n) is 2.44. The van der Waals surface area contributed by atoms with Gasteiger partial charge in [0, 0.05) is 23.3 Å². The Labute approximate surface area is 130 Å². The molecule has 0 aromatic heterocycles. The standard InChI is InChI=1S/C15H20ClN3O2/c1-11-8-19(13-6-4-5-12(16)7-13)15(21)10-18(11)14(20)9-17(2)3/h4-7,11H,8-10H2,1-3H3. The Bertz CT molecular complexity index is 547. The third-order valence-corrected chi connectivity index (χ3v) is 3.71. The lowest BCUT2D eigenvalue weighted by atomic mass is 10.1. The van der Waals surface area contributed by atoms with Gasteiger partial charge in [-0.1, -0.05) is 17.7 Å². The summed E-state index contributed by atoms with van der Waals surface area (Å²) in [4.78, 5) is 29.6. The molecule has 1 aromatic carbocycles. The molecule has 5 nitrogen and oxygen atoms in total. The van der Waals surface area contributed by atoms with E-state index in [-0.39, 0.29) is 24.4 Å². The number of nitrogens with zero attached hydrogens (tertiary/aromatic N) is 3. The van der Waals surface area contributed by atoms with Crippen LogP contribution in [0.15, 0.2) is 24.3 Å².